The minimum atomic E-state index is -4.12. The van der Waals surface area contributed by atoms with E-state index in [1.165, 1.54) is 12.4 Å². The number of aliphatic hydroxyl groups is 1. The van der Waals surface area contributed by atoms with E-state index in [4.69, 9.17) is 9.66 Å². The molecule has 16 heavy (non-hydrogen) atoms. The first-order valence-corrected chi connectivity index (χ1v) is 6.53. The normalized spacial score (nSPS) is 13.6. The molecule has 6 heteroatoms. The average molecular weight is 245 g/mol. The van der Waals surface area contributed by atoms with Crippen LogP contribution in [0.2, 0.25) is 0 Å². The van der Waals surface area contributed by atoms with Crippen LogP contribution in [-0.2, 0) is 10.1 Å². The summed E-state index contributed by atoms with van der Waals surface area (Å²) in [7, 11) is -4.12. The largest absolute Gasteiger partial charge is 0.396 e. The summed E-state index contributed by atoms with van der Waals surface area (Å²) in [5.74, 6) is 0. The smallest absolute Gasteiger partial charge is 0.272 e. The van der Waals surface area contributed by atoms with E-state index in [9.17, 15) is 8.42 Å². The van der Waals surface area contributed by atoms with Crippen LogP contribution in [0, 0.1) is 0 Å². The minimum absolute atomic E-state index is 0.0191. The van der Waals surface area contributed by atoms with Crippen molar-refractivity contribution in [1.82, 2.24) is 4.98 Å². The van der Waals surface area contributed by atoms with Gasteiger partial charge in [-0.3, -0.25) is 9.54 Å². The fourth-order valence-corrected chi connectivity index (χ4v) is 2.44. The van der Waals surface area contributed by atoms with Crippen molar-refractivity contribution in [2.45, 2.75) is 24.5 Å². The number of hydrogen-bond donors (Lipinski definition) is 2. The maximum absolute atomic E-state index is 11.2. The molecular weight excluding hydrogens is 230 g/mol. The Labute approximate surface area is 94.9 Å². The predicted octanol–water partition coefficient (Wildman–Crippen LogP) is 1.17. The van der Waals surface area contributed by atoms with Crippen LogP contribution in [-0.4, -0.2) is 29.7 Å². The highest BCUT2D eigenvalue weighted by Gasteiger charge is 2.24. The van der Waals surface area contributed by atoms with Gasteiger partial charge in [-0.2, -0.15) is 8.42 Å². The summed E-state index contributed by atoms with van der Waals surface area (Å²) in [4.78, 5) is 3.82. The lowest BCUT2D eigenvalue weighted by Gasteiger charge is -2.13. The quantitative estimate of drug-likeness (QED) is 0.580. The molecule has 1 unspecified atom stereocenters. The van der Waals surface area contributed by atoms with Crippen molar-refractivity contribution in [2.24, 2.45) is 0 Å². The number of aromatic nitrogens is 1. The highest BCUT2D eigenvalue weighted by atomic mass is 32.2. The fraction of sp³-hybridized carbons (Fsp3) is 0.500. The Morgan fingerprint density at radius 2 is 2.12 bits per heavy atom. The molecule has 5 nitrogen and oxygen atoms in total. The molecule has 0 aliphatic carbocycles. The van der Waals surface area contributed by atoms with Gasteiger partial charge in [0.05, 0.1) is 0 Å². The first-order valence-electron chi connectivity index (χ1n) is 5.03. The number of nitrogens with zero attached hydrogens (tertiary/aromatic N) is 1. The van der Waals surface area contributed by atoms with E-state index in [0.29, 0.717) is 18.4 Å². The standard InChI is InChI=1S/C10H15NO4S/c12-7-2-1-5-10(16(13,14)15)9-4-3-6-11-8-9/h3-4,6,8,10,12H,1-2,5,7H2,(H,13,14,15). The van der Waals surface area contributed by atoms with Gasteiger partial charge in [0.2, 0.25) is 0 Å². The average Bonchev–Trinajstić information content (AvgIpc) is 2.24. The van der Waals surface area contributed by atoms with E-state index in [-0.39, 0.29) is 13.0 Å². The molecule has 0 bridgehead atoms. The molecule has 0 amide bonds. The van der Waals surface area contributed by atoms with E-state index in [0.717, 1.165) is 0 Å². The lowest BCUT2D eigenvalue weighted by Crippen LogP contribution is -2.12. The van der Waals surface area contributed by atoms with Gasteiger partial charge < -0.3 is 5.11 Å². The maximum Gasteiger partial charge on any atom is 0.272 e. The first-order chi connectivity index (χ1) is 7.55. The molecule has 0 radical (unpaired) electrons. The van der Waals surface area contributed by atoms with E-state index in [1.807, 2.05) is 0 Å². The van der Waals surface area contributed by atoms with Crippen LogP contribution in [0.1, 0.15) is 30.1 Å². The Morgan fingerprint density at radius 3 is 2.62 bits per heavy atom. The molecule has 0 saturated carbocycles. The zero-order valence-corrected chi connectivity index (χ0v) is 9.60. The Kier molecular flexibility index (Phi) is 4.85. The summed E-state index contributed by atoms with van der Waals surface area (Å²) in [6, 6.07) is 3.24. The van der Waals surface area contributed by atoms with Gasteiger partial charge >= 0.3 is 0 Å². The first kappa shape index (κ1) is 13.1. The van der Waals surface area contributed by atoms with Crippen LogP contribution in [0.3, 0.4) is 0 Å². The SMILES string of the molecule is O=S(=O)(O)C(CCCCO)c1cccnc1. The summed E-state index contributed by atoms with van der Waals surface area (Å²) in [5, 5.41) is 7.68. The monoisotopic (exact) mass is 245 g/mol. The van der Waals surface area contributed by atoms with Crippen LogP contribution in [0.4, 0.5) is 0 Å². The van der Waals surface area contributed by atoms with Crippen molar-refractivity contribution in [1.29, 1.82) is 0 Å². The highest BCUT2D eigenvalue weighted by Crippen LogP contribution is 2.26. The zero-order valence-electron chi connectivity index (χ0n) is 8.78. The molecule has 1 rings (SSSR count). The second kappa shape index (κ2) is 5.93. The van der Waals surface area contributed by atoms with Crippen molar-refractivity contribution < 1.29 is 18.1 Å². The van der Waals surface area contributed by atoms with Gasteiger partial charge in [-0.25, -0.2) is 0 Å². The second-order valence-electron chi connectivity index (χ2n) is 3.51. The zero-order chi connectivity index (χ0) is 12.0. The van der Waals surface area contributed by atoms with E-state index < -0.39 is 15.4 Å². The molecular formula is C10H15NO4S. The molecule has 0 aliphatic rings. The van der Waals surface area contributed by atoms with Crippen molar-refractivity contribution in [3.8, 4) is 0 Å². The predicted molar refractivity (Wildman–Crippen MR) is 59.5 cm³/mol. The van der Waals surface area contributed by atoms with Crippen LogP contribution < -0.4 is 0 Å². The van der Waals surface area contributed by atoms with Gasteiger partial charge in [0.25, 0.3) is 10.1 Å². The van der Waals surface area contributed by atoms with E-state index >= 15 is 0 Å². The van der Waals surface area contributed by atoms with Crippen LogP contribution in [0.25, 0.3) is 0 Å². The van der Waals surface area contributed by atoms with Gasteiger partial charge in [0.15, 0.2) is 0 Å². The van der Waals surface area contributed by atoms with E-state index in [1.54, 1.807) is 12.1 Å². The second-order valence-corrected chi connectivity index (χ2v) is 5.11. The third-order valence-corrected chi connectivity index (χ3v) is 3.52. The minimum Gasteiger partial charge on any atom is -0.396 e. The van der Waals surface area contributed by atoms with Crippen molar-refractivity contribution in [3.63, 3.8) is 0 Å². The Bertz CT molecular complexity index is 404. The Balaban J connectivity index is 2.81. The van der Waals surface area contributed by atoms with Gasteiger partial charge in [-0.05, 0) is 30.9 Å². The molecule has 90 valence electrons. The molecule has 2 N–H and O–H groups in total. The summed E-state index contributed by atoms with van der Waals surface area (Å²) in [5.41, 5.74) is 0.475. The summed E-state index contributed by atoms with van der Waals surface area (Å²) in [6.45, 7) is 0.0191. The number of aliphatic hydroxyl groups excluding tert-OH is 1. The topological polar surface area (TPSA) is 87.5 Å². The molecule has 1 aromatic rings. The maximum atomic E-state index is 11.2. The summed E-state index contributed by atoms with van der Waals surface area (Å²) < 4.78 is 31.5. The lowest BCUT2D eigenvalue weighted by atomic mass is 10.1. The molecule has 1 heterocycles. The van der Waals surface area contributed by atoms with Crippen molar-refractivity contribution >= 4 is 10.1 Å². The van der Waals surface area contributed by atoms with Gasteiger partial charge in [-0.1, -0.05) is 6.07 Å². The van der Waals surface area contributed by atoms with E-state index in [2.05, 4.69) is 4.98 Å². The van der Waals surface area contributed by atoms with Crippen molar-refractivity contribution in [2.75, 3.05) is 6.61 Å². The highest BCUT2D eigenvalue weighted by molar-refractivity contribution is 7.86. The Hall–Kier alpha value is -0.980. The molecule has 1 atom stereocenters. The van der Waals surface area contributed by atoms with Crippen LogP contribution in [0.15, 0.2) is 24.5 Å². The van der Waals surface area contributed by atoms with Crippen LogP contribution >= 0.6 is 0 Å². The van der Waals surface area contributed by atoms with Crippen molar-refractivity contribution in [3.05, 3.63) is 30.1 Å². The number of hydrogen-bond acceptors (Lipinski definition) is 4. The summed E-state index contributed by atoms with van der Waals surface area (Å²) in [6.07, 6.45) is 4.31. The van der Waals surface area contributed by atoms with Gasteiger partial charge in [-0.15, -0.1) is 0 Å². The van der Waals surface area contributed by atoms with Gasteiger partial charge in [0, 0.05) is 19.0 Å². The fourth-order valence-electron chi connectivity index (χ4n) is 1.50. The Morgan fingerprint density at radius 1 is 1.38 bits per heavy atom. The third kappa shape index (κ3) is 3.88. The van der Waals surface area contributed by atoms with Crippen LogP contribution in [0.5, 0.6) is 0 Å². The lowest BCUT2D eigenvalue weighted by molar-refractivity contribution is 0.282. The molecule has 0 aliphatic heterocycles. The molecule has 1 aromatic heterocycles. The third-order valence-electron chi connectivity index (χ3n) is 2.29. The molecule has 0 spiro atoms. The molecule has 0 fully saturated rings. The number of unbranched alkanes of at least 4 members (excludes halogenated alkanes) is 1. The number of rotatable bonds is 6. The summed E-state index contributed by atoms with van der Waals surface area (Å²) >= 11 is 0. The van der Waals surface area contributed by atoms with Gasteiger partial charge in [0.1, 0.15) is 5.25 Å². The molecule has 0 saturated heterocycles. The number of pyridine rings is 1. The molecule has 0 aromatic carbocycles.